The Balaban J connectivity index is 1.88. The van der Waals surface area contributed by atoms with Crippen LogP contribution < -0.4 is 11.1 Å². The fourth-order valence-corrected chi connectivity index (χ4v) is 5.75. The molecule has 1 aliphatic carbocycles. The van der Waals surface area contributed by atoms with Gasteiger partial charge in [0.2, 0.25) is 11.8 Å². The van der Waals surface area contributed by atoms with Crippen LogP contribution in [0.1, 0.15) is 31.2 Å². The molecule has 2 amide bonds. The van der Waals surface area contributed by atoms with Crippen LogP contribution in [0.15, 0.2) is 53.4 Å². The average Bonchev–Trinajstić information content (AvgIpc) is 3.15. The normalized spacial score (nSPS) is 15.9. The molecule has 3 N–H and O–H groups in total. The molecule has 2 aromatic rings. The molecule has 0 saturated heterocycles. The minimum Gasteiger partial charge on any atom is -0.369 e. The van der Waals surface area contributed by atoms with Crippen molar-refractivity contribution in [1.82, 2.24) is 0 Å². The average molecular weight is 421 g/mol. The molecule has 0 unspecified atom stereocenters. The Morgan fingerprint density at radius 2 is 1.57 bits per heavy atom. The third-order valence-electron chi connectivity index (χ3n) is 5.05. The highest BCUT2D eigenvalue weighted by Crippen LogP contribution is 2.41. The van der Waals surface area contributed by atoms with E-state index in [1.54, 1.807) is 24.3 Å². The van der Waals surface area contributed by atoms with Gasteiger partial charge in [-0.15, -0.1) is 0 Å². The van der Waals surface area contributed by atoms with Crippen LogP contribution in [0, 0.1) is 0 Å². The Bertz CT molecular complexity index is 980. The second-order valence-corrected chi connectivity index (χ2v) is 9.65. The van der Waals surface area contributed by atoms with E-state index in [-0.39, 0.29) is 24.2 Å². The summed E-state index contributed by atoms with van der Waals surface area (Å²) in [6.45, 7) is 0. The smallest absolute Gasteiger partial charge is 0.246 e. The fourth-order valence-electron chi connectivity index (χ4n) is 3.56. The van der Waals surface area contributed by atoms with E-state index in [1.807, 2.05) is 0 Å². The zero-order valence-corrected chi connectivity index (χ0v) is 16.7. The number of sulfone groups is 1. The van der Waals surface area contributed by atoms with E-state index in [9.17, 15) is 18.0 Å². The molecule has 1 aliphatic rings. The van der Waals surface area contributed by atoms with Crippen LogP contribution in [0.25, 0.3) is 0 Å². The van der Waals surface area contributed by atoms with E-state index in [4.69, 9.17) is 17.3 Å². The van der Waals surface area contributed by atoms with Gasteiger partial charge in [0.05, 0.1) is 11.3 Å². The summed E-state index contributed by atoms with van der Waals surface area (Å²) in [5, 5.41) is 3.16. The third-order valence-corrected chi connectivity index (χ3v) is 7.82. The molecular formula is C20H21ClN2O4S. The fraction of sp³-hybridized carbons (Fsp3) is 0.300. The number of carbonyl (C=O) groups is 2. The first-order valence-electron chi connectivity index (χ1n) is 8.93. The number of benzene rings is 2. The van der Waals surface area contributed by atoms with Crippen molar-refractivity contribution in [3.05, 3.63) is 59.1 Å². The first kappa shape index (κ1) is 20.4. The van der Waals surface area contributed by atoms with Gasteiger partial charge in [0.25, 0.3) is 0 Å². The van der Waals surface area contributed by atoms with Gasteiger partial charge in [0.1, 0.15) is 0 Å². The highest BCUT2D eigenvalue weighted by atomic mass is 35.5. The van der Waals surface area contributed by atoms with E-state index in [0.29, 0.717) is 23.6 Å². The van der Waals surface area contributed by atoms with E-state index in [0.717, 1.165) is 5.56 Å². The maximum absolute atomic E-state index is 13.3. The molecule has 2 aromatic carbocycles. The number of rotatable bonds is 6. The van der Waals surface area contributed by atoms with Crippen LogP contribution in [-0.2, 0) is 25.8 Å². The number of carbonyl (C=O) groups excluding carboxylic acids is 2. The van der Waals surface area contributed by atoms with Gasteiger partial charge in [-0.1, -0.05) is 36.6 Å². The summed E-state index contributed by atoms with van der Waals surface area (Å²) in [6, 6.07) is 12.5. The van der Waals surface area contributed by atoms with Crippen LogP contribution in [0.4, 0.5) is 5.69 Å². The number of hydrogen-bond donors (Lipinski definition) is 2. The molecule has 8 heteroatoms. The standard InChI is InChI=1S/C20H21ClN2O4S/c21-15-5-9-17(10-6-15)28(26,27)20(11-1-2-12-20)19(25)23-16-7-3-14(4-8-16)13-18(22)24/h3-10H,1-2,11-13H2,(H2,22,24)(H,23,25). The number of nitrogens with two attached hydrogens (primary N) is 1. The van der Waals surface area contributed by atoms with Crippen molar-refractivity contribution in [3.63, 3.8) is 0 Å². The third kappa shape index (κ3) is 3.91. The summed E-state index contributed by atoms with van der Waals surface area (Å²) in [6.07, 6.45) is 1.96. The van der Waals surface area contributed by atoms with Crippen molar-refractivity contribution in [2.24, 2.45) is 5.73 Å². The number of halogens is 1. The van der Waals surface area contributed by atoms with Crippen molar-refractivity contribution in [2.45, 2.75) is 41.7 Å². The van der Waals surface area contributed by atoms with E-state index < -0.39 is 26.4 Å². The maximum Gasteiger partial charge on any atom is 0.246 e. The van der Waals surface area contributed by atoms with Gasteiger partial charge in [-0.25, -0.2) is 8.42 Å². The number of nitrogens with one attached hydrogen (secondary N) is 1. The monoisotopic (exact) mass is 420 g/mol. The number of amides is 2. The van der Waals surface area contributed by atoms with Gasteiger partial charge < -0.3 is 11.1 Å². The van der Waals surface area contributed by atoms with Crippen LogP contribution in [-0.4, -0.2) is 25.0 Å². The lowest BCUT2D eigenvalue weighted by molar-refractivity contribution is -0.119. The topological polar surface area (TPSA) is 106 Å². The van der Waals surface area contributed by atoms with Crippen LogP contribution in [0.5, 0.6) is 0 Å². The first-order chi connectivity index (χ1) is 13.2. The summed E-state index contributed by atoms with van der Waals surface area (Å²) in [7, 11) is -3.89. The molecule has 0 radical (unpaired) electrons. The second-order valence-electron chi connectivity index (χ2n) is 6.95. The molecule has 28 heavy (non-hydrogen) atoms. The molecule has 0 heterocycles. The van der Waals surface area contributed by atoms with Gasteiger partial charge in [-0.2, -0.15) is 0 Å². The molecule has 6 nitrogen and oxygen atoms in total. The van der Waals surface area contributed by atoms with Crippen LogP contribution in [0.2, 0.25) is 5.02 Å². The molecule has 1 fully saturated rings. The van der Waals surface area contributed by atoms with Crippen molar-refractivity contribution in [3.8, 4) is 0 Å². The molecule has 0 spiro atoms. The van der Waals surface area contributed by atoms with Gasteiger partial charge in [-0.05, 0) is 54.8 Å². The second kappa shape index (κ2) is 7.93. The number of anilines is 1. The predicted octanol–water partition coefficient (Wildman–Crippen LogP) is 3.09. The van der Waals surface area contributed by atoms with Crippen molar-refractivity contribution in [2.75, 3.05) is 5.32 Å². The molecule has 0 aromatic heterocycles. The number of hydrogen-bond acceptors (Lipinski definition) is 4. The summed E-state index contributed by atoms with van der Waals surface area (Å²) in [4.78, 5) is 24.2. The summed E-state index contributed by atoms with van der Waals surface area (Å²) >= 11 is 5.87. The molecule has 0 aliphatic heterocycles. The Hall–Kier alpha value is -2.38. The van der Waals surface area contributed by atoms with Crippen molar-refractivity contribution in [1.29, 1.82) is 0 Å². The Kier molecular flexibility index (Phi) is 5.76. The van der Waals surface area contributed by atoms with E-state index in [1.165, 1.54) is 24.3 Å². The van der Waals surface area contributed by atoms with Crippen molar-refractivity contribution < 1.29 is 18.0 Å². The van der Waals surface area contributed by atoms with Gasteiger partial charge >= 0.3 is 0 Å². The van der Waals surface area contributed by atoms with Crippen LogP contribution in [0.3, 0.4) is 0 Å². The minimum absolute atomic E-state index is 0.0887. The van der Waals surface area contributed by atoms with Gasteiger partial charge in [-0.3, -0.25) is 9.59 Å². The summed E-state index contributed by atoms with van der Waals surface area (Å²) in [5.41, 5.74) is 6.36. The molecule has 1 saturated carbocycles. The SMILES string of the molecule is NC(=O)Cc1ccc(NC(=O)C2(S(=O)(=O)c3ccc(Cl)cc3)CCCC2)cc1. The summed E-state index contributed by atoms with van der Waals surface area (Å²) < 4.78 is 25.1. The minimum atomic E-state index is -3.89. The van der Waals surface area contributed by atoms with Crippen molar-refractivity contribution >= 4 is 38.9 Å². The number of primary amides is 1. The van der Waals surface area contributed by atoms with Gasteiger partial charge in [0, 0.05) is 10.7 Å². The van der Waals surface area contributed by atoms with E-state index in [2.05, 4.69) is 5.32 Å². The Labute approximate surface area is 169 Å². The molecule has 0 bridgehead atoms. The maximum atomic E-state index is 13.3. The predicted molar refractivity (Wildman–Crippen MR) is 108 cm³/mol. The zero-order chi connectivity index (χ0) is 20.4. The Morgan fingerprint density at radius 3 is 2.11 bits per heavy atom. The van der Waals surface area contributed by atoms with Gasteiger partial charge in [0.15, 0.2) is 14.6 Å². The lowest BCUT2D eigenvalue weighted by Crippen LogP contribution is -2.47. The molecule has 0 atom stereocenters. The van der Waals surface area contributed by atoms with Crippen LogP contribution >= 0.6 is 11.6 Å². The molecule has 148 valence electrons. The Morgan fingerprint density at radius 1 is 1.00 bits per heavy atom. The molecular weight excluding hydrogens is 400 g/mol. The van der Waals surface area contributed by atoms with E-state index >= 15 is 0 Å². The largest absolute Gasteiger partial charge is 0.369 e. The highest BCUT2D eigenvalue weighted by Gasteiger charge is 2.52. The highest BCUT2D eigenvalue weighted by molar-refractivity contribution is 7.93. The zero-order valence-electron chi connectivity index (χ0n) is 15.2. The lowest BCUT2D eigenvalue weighted by atomic mass is 10.1. The first-order valence-corrected chi connectivity index (χ1v) is 10.8. The lowest BCUT2D eigenvalue weighted by Gasteiger charge is -2.27. The summed E-state index contributed by atoms with van der Waals surface area (Å²) in [5.74, 6) is -0.988. The molecule has 3 rings (SSSR count). The quantitative estimate of drug-likeness (QED) is 0.748.